The maximum Gasteiger partial charge on any atom is 0.416 e. The highest BCUT2D eigenvalue weighted by Gasteiger charge is 2.30. The standard InChI is InChI=1S/C14H20F3N3/c1-19-6-8-20(9-7-19)13(10-18)11-2-4-12(5-3-11)14(15,16)17/h2-5,13H,6-10,18H2,1H3. The zero-order valence-corrected chi connectivity index (χ0v) is 11.5. The Balaban J connectivity index is 2.11. The van der Waals surface area contributed by atoms with Crippen LogP contribution in [0, 0.1) is 0 Å². The molecule has 1 fully saturated rings. The molecule has 1 unspecified atom stereocenters. The van der Waals surface area contributed by atoms with Gasteiger partial charge in [0.05, 0.1) is 5.56 Å². The van der Waals surface area contributed by atoms with Gasteiger partial charge in [0.1, 0.15) is 0 Å². The summed E-state index contributed by atoms with van der Waals surface area (Å²) in [5.74, 6) is 0. The highest BCUT2D eigenvalue weighted by atomic mass is 19.4. The molecule has 0 amide bonds. The van der Waals surface area contributed by atoms with Gasteiger partial charge in [-0.15, -0.1) is 0 Å². The minimum absolute atomic E-state index is 0.00835. The summed E-state index contributed by atoms with van der Waals surface area (Å²) >= 11 is 0. The van der Waals surface area contributed by atoms with Gasteiger partial charge in [-0.3, -0.25) is 4.90 Å². The van der Waals surface area contributed by atoms with Crippen molar-refractivity contribution in [3.8, 4) is 0 Å². The largest absolute Gasteiger partial charge is 0.416 e. The Morgan fingerprint density at radius 1 is 1.10 bits per heavy atom. The molecule has 0 radical (unpaired) electrons. The predicted molar refractivity (Wildman–Crippen MR) is 72.3 cm³/mol. The summed E-state index contributed by atoms with van der Waals surface area (Å²) < 4.78 is 37.7. The molecule has 0 aromatic heterocycles. The third-order valence-electron chi connectivity index (χ3n) is 3.82. The van der Waals surface area contributed by atoms with Crippen molar-refractivity contribution >= 4 is 0 Å². The Hall–Kier alpha value is -1.11. The van der Waals surface area contributed by atoms with Crippen LogP contribution in [-0.2, 0) is 6.18 Å². The van der Waals surface area contributed by atoms with Crippen molar-refractivity contribution < 1.29 is 13.2 Å². The van der Waals surface area contributed by atoms with Crippen LogP contribution in [0.25, 0.3) is 0 Å². The highest BCUT2D eigenvalue weighted by molar-refractivity contribution is 5.27. The number of hydrogen-bond donors (Lipinski definition) is 1. The van der Waals surface area contributed by atoms with Crippen LogP contribution in [0.4, 0.5) is 13.2 Å². The molecule has 1 aromatic rings. The van der Waals surface area contributed by atoms with Gasteiger partial charge in [0.15, 0.2) is 0 Å². The number of alkyl halides is 3. The third-order valence-corrected chi connectivity index (χ3v) is 3.82. The smallest absolute Gasteiger partial charge is 0.329 e. The van der Waals surface area contributed by atoms with Gasteiger partial charge in [-0.2, -0.15) is 13.2 Å². The molecule has 6 heteroatoms. The maximum atomic E-state index is 12.6. The molecule has 3 nitrogen and oxygen atoms in total. The SMILES string of the molecule is CN1CCN(C(CN)c2ccc(C(F)(F)F)cc2)CC1. The molecular weight excluding hydrogens is 267 g/mol. The molecule has 0 bridgehead atoms. The van der Waals surface area contributed by atoms with Crippen LogP contribution in [0.1, 0.15) is 17.2 Å². The lowest BCUT2D eigenvalue weighted by molar-refractivity contribution is -0.137. The Morgan fingerprint density at radius 3 is 2.10 bits per heavy atom. The second kappa shape index (κ2) is 6.11. The molecule has 1 atom stereocenters. The van der Waals surface area contributed by atoms with E-state index >= 15 is 0 Å². The zero-order valence-electron chi connectivity index (χ0n) is 11.5. The van der Waals surface area contributed by atoms with Crippen molar-refractivity contribution in [3.05, 3.63) is 35.4 Å². The van der Waals surface area contributed by atoms with Crippen molar-refractivity contribution in [1.29, 1.82) is 0 Å². The van der Waals surface area contributed by atoms with Crippen LogP contribution in [-0.4, -0.2) is 49.6 Å². The fraction of sp³-hybridized carbons (Fsp3) is 0.571. The number of rotatable bonds is 3. The van der Waals surface area contributed by atoms with E-state index in [-0.39, 0.29) is 6.04 Å². The molecule has 0 aliphatic carbocycles. The van der Waals surface area contributed by atoms with Crippen LogP contribution >= 0.6 is 0 Å². The van der Waals surface area contributed by atoms with E-state index < -0.39 is 11.7 Å². The Bertz CT molecular complexity index is 422. The summed E-state index contributed by atoms with van der Waals surface area (Å²) in [6.45, 7) is 4.10. The Kier molecular flexibility index (Phi) is 4.67. The molecule has 1 heterocycles. The fourth-order valence-electron chi connectivity index (χ4n) is 2.52. The molecule has 1 aromatic carbocycles. The number of hydrogen-bond acceptors (Lipinski definition) is 3. The van der Waals surface area contributed by atoms with Gasteiger partial charge in [0, 0.05) is 38.8 Å². The number of nitrogens with zero attached hydrogens (tertiary/aromatic N) is 2. The van der Waals surface area contributed by atoms with E-state index in [1.54, 1.807) is 12.1 Å². The number of benzene rings is 1. The second-order valence-electron chi connectivity index (χ2n) is 5.21. The number of piperazine rings is 1. The average Bonchev–Trinajstić information content (AvgIpc) is 2.41. The van der Waals surface area contributed by atoms with E-state index in [0.29, 0.717) is 6.54 Å². The molecule has 112 valence electrons. The van der Waals surface area contributed by atoms with Gasteiger partial charge >= 0.3 is 6.18 Å². The quantitative estimate of drug-likeness (QED) is 0.922. The van der Waals surface area contributed by atoms with E-state index in [4.69, 9.17) is 5.73 Å². The summed E-state index contributed by atoms with van der Waals surface area (Å²) in [7, 11) is 2.06. The van der Waals surface area contributed by atoms with Crippen molar-refractivity contribution in [2.75, 3.05) is 39.8 Å². The summed E-state index contributed by atoms with van der Waals surface area (Å²) in [5, 5.41) is 0. The number of likely N-dealkylation sites (N-methyl/N-ethyl adjacent to an activating group) is 1. The molecule has 1 saturated heterocycles. The molecule has 1 aliphatic heterocycles. The lowest BCUT2D eigenvalue weighted by atomic mass is 10.0. The first-order chi connectivity index (χ1) is 9.41. The topological polar surface area (TPSA) is 32.5 Å². The third kappa shape index (κ3) is 3.50. The second-order valence-corrected chi connectivity index (χ2v) is 5.21. The van der Waals surface area contributed by atoms with Gasteiger partial charge < -0.3 is 10.6 Å². The van der Waals surface area contributed by atoms with Gasteiger partial charge in [-0.25, -0.2) is 0 Å². The molecule has 0 saturated carbocycles. The van der Waals surface area contributed by atoms with Crippen LogP contribution in [0.3, 0.4) is 0 Å². The van der Waals surface area contributed by atoms with Crippen LogP contribution < -0.4 is 5.73 Å². The van der Waals surface area contributed by atoms with Crippen LogP contribution in [0.5, 0.6) is 0 Å². The summed E-state index contributed by atoms with van der Waals surface area (Å²) in [4.78, 5) is 4.47. The molecule has 2 N–H and O–H groups in total. The Morgan fingerprint density at radius 2 is 1.65 bits per heavy atom. The van der Waals surface area contributed by atoms with Gasteiger partial charge in [-0.1, -0.05) is 12.1 Å². The van der Waals surface area contributed by atoms with E-state index in [9.17, 15) is 13.2 Å². The molecule has 0 spiro atoms. The predicted octanol–water partition coefficient (Wildman–Crippen LogP) is 1.95. The van der Waals surface area contributed by atoms with E-state index in [0.717, 1.165) is 43.9 Å². The molecule has 1 aliphatic rings. The van der Waals surface area contributed by atoms with Crippen LogP contribution in [0.15, 0.2) is 24.3 Å². The monoisotopic (exact) mass is 287 g/mol. The maximum absolute atomic E-state index is 12.6. The lowest BCUT2D eigenvalue weighted by Crippen LogP contribution is -2.47. The normalized spacial score (nSPS) is 20.1. The van der Waals surface area contributed by atoms with Crippen molar-refractivity contribution in [3.63, 3.8) is 0 Å². The zero-order chi connectivity index (χ0) is 14.8. The number of nitrogens with two attached hydrogens (primary N) is 1. The summed E-state index contributed by atoms with van der Waals surface area (Å²) in [5.41, 5.74) is 6.05. The van der Waals surface area contributed by atoms with Crippen molar-refractivity contribution in [2.45, 2.75) is 12.2 Å². The van der Waals surface area contributed by atoms with E-state index in [1.165, 1.54) is 0 Å². The number of halogens is 3. The highest BCUT2D eigenvalue weighted by Crippen LogP contribution is 2.30. The van der Waals surface area contributed by atoms with E-state index in [2.05, 4.69) is 16.8 Å². The van der Waals surface area contributed by atoms with E-state index in [1.807, 2.05) is 0 Å². The lowest BCUT2D eigenvalue weighted by Gasteiger charge is -2.37. The summed E-state index contributed by atoms with van der Waals surface area (Å²) in [6.07, 6.45) is -4.29. The summed E-state index contributed by atoms with van der Waals surface area (Å²) in [6, 6.07) is 5.34. The van der Waals surface area contributed by atoms with Crippen LogP contribution in [0.2, 0.25) is 0 Å². The van der Waals surface area contributed by atoms with Crippen molar-refractivity contribution in [2.24, 2.45) is 5.73 Å². The van der Waals surface area contributed by atoms with Gasteiger partial charge in [-0.05, 0) is 24.7 Å². The van der Waals surface area contributed by atoms with Gasteiger partial charge in [0.2, 0.25) is 0 Å². The molecular formula is C14H20F3N3. The molecule has 2 rings (SSSR count). The average molecular weight is 287 g/mol. The minimum Gasteiger partial charge on any atom is -0.329 e. The Labute approximate surface area is 117 Å². The first kappa shape index (κ1) is 15.3. The fourth-order valence-corrected chi connectivity index (χ4v) is 2.52. The van der Waals surface area contributed by atoms with Crippen molar-refractivity contribution in [1.82, 2.24) is 9.80 Å². The minimum atomic E-state index is -4.29. The van der Waals surface area contributed by atoms with Gasteiger partial charge in [0.25, 0.3) is 0 Å². The first-order valence-electron chi connectivity index (χ1n) is 6.71. The first-order valence-corrected chi connectivity index (χ1v) is 6.71. The molecule has 20 heavy (non-hydrogen) atoms.